The van der Waals surface area contributed by atoms with Crippen LogP contribution in [0.3, 0.4) is 0 Å². The van der Waals surface area contributed by atoms with E-state index in [-0.39, 0.29) is 23.8 Å². The molecule has 4 rings (SSSR count). The summed E-state index contributed by atoms with van der Waals surface area (Å²) >= 11 is 0. The average molecular weight is 415 g/mol. The number of carbonyl (C=O) groups excluding carboxylic acids is 1. The highest BCUT2D eigenvalue weighted by Crippen LogP contribution is 2.34. The Labute approximate surface area is 171 Å². The average Bonchev–Trinajstić information content (AvgIpc) is 3.08. The molecule has 10 heteroatoms. The summed E-state index contributed by atoms with van der Waals surface area (Å²) in [5.41, 5.74) is 12.9. The molecule has 0 bridgehead atoms. The van der Waals surface area contributed by atoms with Crippen LogP contribution in [0.15, 0.2) is 36.7 Å². The van der Waals surface area contributed by atoms with E-state index in [1.807, 2.05) is 42.1 Å². The standard InChI is InChI=1S/C20H23F2N7O/c1-29-9-7-11-12(4-2-6-14(11)29)27-19-16(18(24)30)25-10-15(28-19)26-13-5-3-8-20(21,22)17(13)23/h2,4,6-7,9-10,13,17H,3,5,8,23H2,1H3,(H2,24,30)(H2,26,27,28)/t13-,17-/m1/s1. The number of hydrogen-bond donors (Lipinski definition) is 4. The molecule has 1 aromatic carbocycles. The molecular weight excluding hydrogens is 392 g/mol. The van der Waals surface area contributed by atoms with Gasteiger partial charge < -0.3 is 26.7 Å². The molecule has 6 N–H and O–H groups in total. The van der Waals surface area contributed by atoms with Crippen molar-refractivity contribution >= 4 is 34.1 Å². The van der Waals surface area contributed by atoms with E-state index in [0.29, 0.717) is 18.5 Å². The van der Waals surface area contributed by atoms with E-state index < -0.39 is 23.9 Å². The number of alkyl halides is 2. The van der Waals surface area contributed by atoms with Crippen LogP contribution < -0.4 is 22.1 Å². The first-order valence-electron chi connectivity index (χ1n) is 9.64. The number of aryl methyl sites for hydroxylation is 1. The summed E-state index contributed by atoms with van der Waals surface area (Å²) in [6.07, 6.45) is 3.83. The Hall–Kier alpha value is -3.27. The second kappa shape index (κ2) is 7.52. The first-order valence-corrected chi connectivity index (χ1v) is 9.64. The van der Waals surface area contributed by atoms with Crippen molar-refractivity contribution in [3.63, 3.8) is 0 Å². The molecule has 30 heavy (non-hydrogen) atoms. The second-order valence-electron chi connectivity index (χ2n) is 7.54. The first kappa shape index (κ1) is 20.0. The van der Waals surface area contributed by atoms with Gasteiger partial charge in [-0.2, -0.15) is 0 Å². The Balaban J connectivity index is 1.66. The van der Waals surface area contributed by atoms with Gasteiger partial charge in [-0.05, 0) is 31.0 Å². The van der Waals surface area contributed by atoms with Gasteiger partial charge in [0.05, 0.1) is 12.2 Å². The summed E-state index contributed by atoms with van der Waals surface area (Å²) in [5, 5.41) is 6.97. The van der Waals surface area contributed by atoms with Crippen molar-refractivity contribution in [1.29, 1.82) is 0 Å². The van der Waals surface area contributed by atoms with Crippen LogP contribution in [0, 0.1) is 0 Å². The van der Waals surface area contributed by atoms with Crippen LogP contribution in [0.4, 0.5) is 26.1 Å². The van der Waals surface area contributed by atoms with Crippen LogP contribution in [0.5, 0.6) is 0 Å². The number of carbonyl (C=O) groups is 1. The summed E-state index contributed by atoms with van der Waals surface area (Å²) in [7, 11) is 1.93. The fourth-order valence-electron chi connectivity index (χ4n) is 3.82. The fraction of sp³-hybridized carbons (Fsp3) is 0.350. The van der Waals surface area contributed by atoms with Gasteiger partial charge in [-0.25, -0.2) is 18.7 Å². The second-order valence-corrected chi connectivity index (χ2v) is 7.54. The first-order chi connectivity index (χ1) is 14.3. The van der Waals surface area contributed by atoms with Crippen LogP contribution >= 0.6 is 0 Å². The van der Waals surface area contributed by atoms with Gasteiger partial charge in [0.25, 0.3) is 11.8 Å². The number of anilines is 3. The summed E-state index contributed by atoms with van der Waals surface area (Å²) in [4.78, 5) is 20.3. The highest BCUT2D eigenvalue weighted by Gasteiger charge is 2.44. The number of aromatic nitrogens is 3. The lowest BCUT2D eigenvalue weighted by Gasteiger charge is -2.36. The van der Waals surface area contributed by atoms with Gasteiger partial charge in [-0.1, -0.05) is 6.07 Å². The van der Waals surface area contributed by atoms with Crippen LogP contribution in [-0.2, 0) is 7.05 Å². The molecule has 0 unspecified atom stereocenters. The minimum Gasteiger partial charge on any atom is -0.364 e. The van der Waals surface area contributed by atoms with Gasteiger partial charge in [0, 0.05) is 42.3 Å². The molecule has 0 radical (unpaired) electrons. The van der Waals surface area contributed by atoms with Gasteiger partial charge >= 0.3 is 0 Å². The number of nitrogens with one attached hydrogen (secondary N) is 2. The van der Waals surface area contributed by atoms with E-state index in [1.54, 1.807) is 0 Å². The van der Waals surface area contributed by atoms with E-state index >= 15 is 0 Å². The third kappa shape index (κ3) is 3.65. The fourth-order valence-corrected chi connectivity index (χ4v) is 3.82. The number of primary amides is 1. The largest absolute Gasteiger partial charge is 0.364 e. The number of rotatable bonds is 5. The number of nitrogens with two attached hydrogens (primary N) is 2. The molecular formula is C20H23F2N7O. The molecule has 1 saturated carbocycles. The van der Waals surface area contributed by atoms with Crippen molar-refractivity contribution in [2.24, 2.45) is 18.5 Å². The predicted molar refractivity (Wildman–Crippen MR) is 111 cm³/mol. The normalized spacial score (nSPS) is 20.8. The van der Waals surface area contributed by atoms with E-state index in [1.165, 1.54) is 6.20 Å². The third-order valence-corrected chi connectivity index (χ3v) is 5.47. The molecule has 1 amide bonds. The molecule has 1 aliphatic rings. The molecule has 2 aromatic heterocycles. The third-order valence-electron chi connectivity index (χ3n) is 5.47. The minimum absolute atomic E-state index is 0.0493. The van der Waals surface area contributed by atoms with Crippen LogP contribution in [0.25, 0.3) is 10.9 Å². The molecule has 1 aliphatic carbocycles. The lowest BCUT2D eigenvalue weighted by atomic mass is 9.87. The smallest absolute Gasteiger partial charge is 0.271 e. The van der Waals surface area contributed by atoms with Crippen LogP contribution in [-0.4, -0.2) is 38.4 Å². The Morgan fingerprint density at radius 3 is 2.90 bits per heavy atom. The summed E-state index contributed by atoms with van der Waals surface area (Å²) in [6.45, 7) is 0. The Morgan fingerprint density at radius 2 is 2.13 bits per heavy atom. The van der Waals surface area contributed by atoms with Crippen molar-refractivity contribution in [1.82, 2.24) is 14.5 Å². The molecule has 0 aliphatic heterocycles. The van der Waals surface area contributed by atoms with Gasteiger partial charge in [0.2, 0.25) is 0 Å². The summed E-state index contributed by atoms with van der Waals surface area (Å²) < 4.78 is 29.9. The van der Waals surface area contributed by atoms with Gasteiger partial charge in [-0.3, -0.25) is 4.79 Å². The van der Waals surface area contributed by atoms with Crippen molar-refractivity contribution in [3.05, 3.63) is 42.4 Å². The van der Waals surface area contributed by atoms with Gasteiger partial charge in [-0.15, -0.1) is 0 Å². The molecule has 3 aromatic rings. The number of nitrogens with zero attached hydrogens (tertiary/aromatic N) is 3. The lowest BCUT2D eigenvalue weighted by Crippen LogP contribution is -2.55. The Kier molecular flexibility index (Phi) is 5.02. The van der Waals surface area contributed by atoms with Crippen molar-refractivity contribution in [2.75, 3.05) is 10.6 Å². The topological polar surface area (TPSA) is 124 Å². The van der Waals surface area contributed by atoms with Gasteiger partial charge in [0.15, 0.2) is 11.5 Å². The van der Waals surface area contributed by atoms with Crippen molar-refractivity contribution in [2.45, 2.75) is 37.3 Å². The minimum atomic E-state index is -2.94. The van der Waals surface area contributed by atoms with E-state index in [0.717, 1.165) is 10.9 Å². The number of benzene rings is 1. The van der Waals surface area contributed by atoms with Gasteiger partial charge in [0.1, 0.15) is 5.82 Å². The molecule has 0 saturated heterocycles. The zero-order valence-electron chi connectivity index (χ0n) is 16.4. The molecule has 8 nitrogen and oxygen atoms in total. The molecule has 2 heterocycles. The van der Waals surface area contributed by atoms with Crippen molar-refractivity contribution < 1.29 is 13.6 Å². The number of amides is 1. The molecule has 158 valence electrons. The number of hydrogen-bond acceptors (Lipinski definition) is 6. The number of fused-ring (bicyclic) bond motifs is 1. The summed E-state index contributed by atoms with van der Waals surface area (Å²) in [6, 6.07) is 5.61. The molecule has 1 fully saturated rings. The highest BCUT2D eigenvalue weighted by molar-refractivity contribution is 5.99. The molecule has 0 spiro atoms. The highest BCUT2D eigenvalue weighted by atomic mass is 19.3. The maximum Gasteiger partial charge on any atom is 0.271 e. The van der Waals surface area contributed by atoms with E-state index in [9.17, 15) is 13.6 Å². The summed E-state index contributed by atoms with van der Waals surface area (Å²) in [5.74, 6) is -3.32. The van der Waals surface area contributed by atoms with Crippen LogP contribution in [0.1, 0.15) is 29.8 Å². The predicted octanol–water partition coefficient (Wildman–Crippen LogP) is 2.74. The SMILES string of the molecule is Cn1ccc2c(Nc3nc(N[C@@H]4CCCC(F)(F)[C@@H]4N)cnc3C(N)=O)cccc21. The molecule has 2 atom stereocenters. The van der Waals surface area contributed by atoms with E-state index in [4.69, 9.17) is 11.5 Å². The lowest BCUT2D eigenvalue weighted by molar-refractivity contribution is -0.0554. The monoisotopic (exact) mass is 415 g/mol. The van der Waals surface area contributed by atoms with Crippen LogP contribution in [0.2, 0.25) is 0 Å². The maximum atomic E-state index is 14.0. The Morgan fingerprint density at radius 1 is 1.33 bits per heavy atom. The Bertz CT molecular complexity index is 1100. The van der Waals surface area contributed by atoms with E-state index in [2.05, 4.69) is 20.6 Å². The van der Waals surface area contributed by atoms with Crippen molar-refractivity contribution in [3.8, 4) is 0 Å². The zero-order valence-corrected chi connectivity index (χ0v) is 16.4. The quantitative estimate of drug-likeness (QED) is 0.508. The maximum absolute atomic E-state index is 14.0. The number of halogens is 2. The zero-order chi connectivity index (χ0) is 21.5.